The van der Waals surface area contributed by atoms with Crippen molar-refractivity contribution in [3.8, 4) is 0 Å². The van der Waals surface area contributed by atoms with Crippen LogP contribution in [0.1, 0.15) is 6.42 Å². The van der Waals surface area contributed by atoms with Gasteiger partial charge in [-0.3, -0.25) is 10.1 Å². The number of nitro benzene ring substituents is 1. The number of nitrogens with two attached hydrogens (primary N) is 1. The Morgan fingerprint density at radius 3 is 2.76 bits per heavy atom. The minimum Gasteiger partial charge on any atom is -0.364 e. The Morgan fingerprint density at radius 1 is 1.53 bits per heavy atom. The summed E-state index contributed by atoms with van der Waals surface area (Å²) in [5.41, 5.74) is 5.58. The summed E-state index contributed by atoms with van der Waals surface area (Å²) in [5, 5.41) is 10.8. The number of benzene rings is 1. The molecule has 0 amide bonds. The normalized spacial score (nSPS) is 18.9. The number of para-hydroxylation sites is 1. The summed E-state index contributed by atoms with van der Waals surface area (Å²) in [6.45, 7) is 1.16. The van der Waals surface area contributed by atoms with E-state index in [1.807, 2.05) is 0 Å². The summed E-state index contributed by atoms with van der Waals surface area (Å²) in [7, 11) is 0. The Morgan fingerprint density at radius 2 is 2.24 bits per heavy atom. The van der Waals surface area contributed by atoms with Gasteiger partial charge in [-0.1, -0.05) is 6.07 Å². The molecule has 0 saturated carbocycles. The van der Waals surface area contributed by atoms with Crippen molar-refractivity contribution in [2.75, 3.05) is 18.0 Å². The zero-order valence-electron chi connectivity index (χ0n) is 9.01. The third-order valence-corrected chi connectivity index (χ3v) is 2.71. The largest absolute Gasteiger partial charge is 0.364 e. The first-order chi connectivity index (χ1) is 7.59. The van der Waals surface area contributed by atoms with Gasteiger partial charge in [0.1, 0.15) is 5.69 Å². The molecule has 0 aliphatic carbocycles. The summed E-state index contributed by atoms with van der Waals surface area (Å²) in [6.07, 6.45) is 0.771. The molecule has 0 spiro atoms. The molecule has 1 aliphatic rings. The smallest absolute Gasteiger partial charge is 0.327 e. The first-order valence-corrected chi connectivity index (χ1v) is 5.03. The van der Waals surface area contributed by atoms with Crippen LogP contribution in [0.25, 0.3) is 0 Å². The molecular weight excluding hydrogens is 249 g/mol. The number of nitro groups is 1. The van der Waals surface area contributed by atoms with Crippen LogP contribution in [0, 0.1) is 15.9 Å². The molecule has 2 N–H and O–H groups in total. The molecule has 0 unspecified atom stereocenters. The number of rotatable bonds is 2. The molecule has 1 aromatic rings. The molecule has 0 bridgehead atoms. The van der Waals surface area contributed by atoms with Crippen molar-refractivity contribution in [3.05, 3.63) is 34.1 Å². The minimum atomic E-state index is -0.803. The zero-order chi connectivity index (χ0) is 11.7. The number of anilines is 1. The molecule has 2 rings (SSSR count). The highest BCUT2D eigenvalue weighted by molar-refractivity contribution is 5.85. The van der Waals surface area contributed by atoms with Gasteiger partial charge in [-0.25, -0.2) is 0 Å². The molecule has 1 aromatic carbocycles. The standard InChI is InChI=1S/C10H12FN3O2.ClH/c11-8-2-1-3-9(10(8)14(15)16)13-5-4-7(12)6-13;/h1-3,7H,4-6,12H2;1H/t7-;/m0./s1. The van der Waals surface area contributed by atoms with Crippen LogP contribution < -0.4 is 10.6 Å². The van der Waals surface area contributed by atoms with Crippen LogP contribution in [0.15, 0.2) is 18.2 Å². The van der Waals surface area contributed by atoms with Gasteiger partial charge in [0, 0.05) is 19.1 Å². The van der Waals surface area contributed by atoms with Crippen LogP contribution in [0.3, 0.4) is 0 Å². The molecule has 1 atom stereocenters. The number of nitrogens with zero attached hydrogens (tertiary/aromatic N) is 2. The van der Waals surface area contributed by atoms with E-state index in [4.69, 9.17) is 5.73 Å². The van der Waals surface area contributed by atoms with Gasteiger partial charge in [0.05, 0.1) is 4.92 Å². The number of hydrogen-bond donors (Lipinski definition) is 1. The molecule has 0 aromatic heterocycles. The molecule has 94 valence electrons. The number of halogens is 2. The van der Waals surface area contributed by atoms with Crippen LogP contribution in [0.2, 0.25) is 0 Å². The monoisotopic (exact) mass is 261 g/mol. The second kappa shape index (κ2) is 5.29. The first kappa shape index (κ1) is 13.7. The van der Waals surface area contributed by atoms with E-state index in [0.29, 0.717) is 18.8 Å². The topological polar surface area (TPSA) is 72.4 Å². The quantitative estimate of drug-likeness (QED) is 0.650. The highest BCUT2D eigenvalue weighted by Gasteiger charge is 2.28. The average molecular weight is 262 g/mol. The lowest BCUT2D eigenvalue weighted by atomic mass is 10.2. The maximum absolute atomic E-state index is 13.4. The van der Waals surface area contributed by atoms with Gasteiger partial charge in [0.2, 0.25) is 5.82 Å². The van der Waals surface area contributed by atoms with Crippen LogP contribution in [0.5, 0.6) is 0 Å². The van der Waals surface area contributed by atoms with Crippen molar-refractivity contribution in [1.82, 2.24) is 0 Å². The maximum atomic E-state index is 13.4. The van der Waals surface area contributed by atoms with Crippen LogP contribution in [0.4, 0.5) is 15.8 Å². The fourth-order valence-electron chi connectivity index (χ4n) is 1.95. The van der Waals surface area contributed by atoms with Gasteiger partial charge in [0.25, 0.3) is 0 Å². The van der Waals surface area contributed by atoms with Gasteiger partial charge in [-0.15, -0.1) is 12.4 Å². The van der Waals surface area contributed by atoms with Crippen molar-refractivity contribution < 1.29 is 9.31 Å². The van der Waals surface area contributed by atoms with E-state index in [-0.39, 0.29) is 18.4 Å². The van der Waals surface area contributed by atoms with E-state index in [1.54, 1.807) is 11.0 Å². The predicted molar refractivity (Wildman–Crippen MR) is 65.1 cm³/mol. The Labute approximate surface area is 104 Å². The summed E-state index contributed by atoms with van der Waals surface area (Å²) < 4.78 is 13.4. The summed E-state index contributed by atoms with van der Waals surface area (Å²) >= 11 is 0. The second-order valence-corrected chi connectivity index (χ2v) is 3.86. The van der Waals surface area contributed by atoms with Crippen molar-refractivity contribution in [1.29, 1.82) is 0 Å². The van der Waals surface area contributed by atoms with Gasteiger partial charge in [0.15, 0.2) is 0 Å². The third kappa shape index (κ3) is 2.65. The Kier molecular flexibility index (Phi) is 4.25. The fraction of sp³-hybridized carbons (Fsp3) is 0.400. The second-order valence-electron chi connectivity index (χ2n) is 3.86. The van der Waals surface area contributed by atoms with E-state index in [0.717, 1.165) is 12.5 Å². The van der Waals surface area contributed by atoms with Crippen molar-refractivity contribution in [3.63, 3.8) is 0 Å². The fourth-order valence-corrected chi connectivity index (χ4v) is 1.95. The van der Waals surface area contributed by atoms with Crippen molar-refractivity contribution in [2.24, 2.45) is 5.73 Å². The van der Waals surface area contributed by atoms with Crippen LogP contribution in [-0.4, -0.2) is 24.1 Å². The van der Waals surface area contributed by atoms with Crippen molar-refractivity contribution >= 4 is 23.8 Å². The summed E-state index contributed by atoms with van der Waals surface area (Å²) in [5.74, 6) is -0.803. The van der Waals surface area contributed by atoms with Gasteiger partial charge in [-0.05, 0) is 18.6 Å². The lowest BCUT2D eigenvalue weighted by molar-refractivity contribution is -0.386. The van der Waals surface area contributed by atoms with E-state index < -0.39 is 16.4 Å². The van der Waals surface area contributed by atoms with Gasteiger partial charge >= 0.3 is 5.69 Å². The summed E-state index contributed by atoms with van der Waals surface area (Å²) in [6, 6.07) is 4.13. The van der Waals surface area contributed by atoms with Crippen LogP contribution >= 0.6 is 12.4 Å². The number of hydrogen-bond acceptors (Lipinski definition) is 4. The Bertz CT molecular complexity index is 430. The maximum Gasteiger partial charge on any atom is 0.327 e. The lowest BCUT2D eigenvalue weighted by Gasteiger charge is -2.17. The zero-order valence-corrected chi connectivity index (χ0v) is 9.82. The Balaban J connectivity index is 0.00000144. The summed E-state index contributed by atoms with van der Waals surface area (Å²) in [4.78, 5) is 11.9. The minimum absolute atomic E-state index is 0. The first-order valence-electron chi connectivity index (χ1n) is 5.03. The third-order valence-electron chi connectivity index (χ3n) is 2.71. The molecule has 7 heteroatoms. The molecule has 1 fully saturated rings. The highest BCUT2D eigenvalue weighted by atomic mass is 35.5. The molecular formula is C10H13ClFN3O2. The molecule has 0 radical (unpaired) electrons. The Hall–Kier alpha value is -1.40. The van der Waals surface area contributed by atoms with Crippen molar-refractivity contribution in [2.45, 2.75) is 12.5 Å². The van der Waals surface area contributed by atoms with E-state index in [2.05, 4.69) is 0 Å². The van der Waals surface area contributed by atoms with Gasteiger partial charge < -0.3 is 10.6 Å². The average Bonchev–Trinajstić information content (AvgIpc) is 2.63. The van der Waals surface area contributed by atoms with E-state index in [1.165, 1.54) is 6.07 Å². The van der Waals surface area contributed by atoms with Gasteiger partial charge in [-0.2, -0.15) is 4.39 Å². The lowest BCUT2D eigenvalue weighted by Crippen LogP contribution is -2.26. The molecule has 5 nitrogen and oxygen atoms in total. The van der Waals surface area contributed by atoms with Crippen LogP contribution in [-0.2, 0) is 0 Å². The van der Waals surface area contributed by atoms with E-state index in [9.17, 15) is 14.5 Å². The highest BCUT2D eigenvalue weighted by Crippen LogP contribution is 2.32. The SMILES string of the molecule is Cl.N[C@H]1CCN(c2cccc(F)c2[N+](=O)[O-])C1. The molecule has 1 saturated heterocycles. The molecule has 1 heterocycles. The molecule has 1 aliphatic heterocycles. The predicted octanol–water partition coefficient (Wildman–Crippen LogP) is 1.69. The molecule has 17 heavy (non-hydrogen) atoms. The van der Waals surface area contributed by atoms with E-state index >= 15 is 0 Å².